The summed E-state index contributed by atoms with van der Waals surface area (Å²) < 4.78 is 10.7. The van der Waals surface area contributed by atoms with E-state index >= 15 is 0 Å². The van der Waals surface area contributed by atoms with Crippen molar-refractivity contribution in [2.24, 2.45) is 0 Å². The highest BCUT2D eigenvalue weighted by Crippen LogP contribution is 2.37. The van der Waals surface area contributed by atoms with E-state index in [1.807, 2.05) is 47.8 Å². The van der Waals surface area contributed by atoms with Crippen LogP contribution in [-0.4, -0.2) is 36.1 Å². The van der Waals surface area contributed by atoms with Gasteiger partial charge in [0, 0.05) is 4.88 Å². The Balaban J connectivity index is 1.34. The molecule has 0 unspecified atom stereocenters. The number of urea groups is 1. The van der Waals surface area contributed by atoms with Crippen molar-refractivity contribution in [2.75, 3.05) is 13.3 Å². The second-order valence-corrected chi connectivity index (χ2v) is 8.92. The van der Waals surface area contributed by atoms with E-state index in [0.717, 1.165) is 15.3 Å². The predicted molar refractivity (Wildman–Crippen MR) is 121 cm³/mol. The van der Waals surface area contributed by atoms with Crippen LogP contribution in [0.1, 0.15) is 29.0 Å². The van der Waals surface area contributed by atoms with E-state index in [9.17, 15) is 14.4 Å². The van der Waals surface area contributed by atoms with E-state index in [2.05, 4.69) is 10.6 Å². The van der Waals surface area contributed by atoms with Gasteiger partial charge in [0.25, 0.3) is 5.91 Å². The number of nitrogens with one attached hydrogen (secondary N) is 2. The summed E-state index contributed by atoms with van der Waals surface area (Å²) in [6.45, 7) is 1.33. The smallest absolute Gasteiger partial charge is 0.325 e. The average molecular weight is 464 g/mol. The van der Waals surface area contributed by atoms with Crippen molar-refractivity contribution in [3.63, 3.8) is 0 Å². The molecule has 3 aromatic rings. The maximum Gasteiger partial charge on any atom is 0.325 e. The summed E-state index contributed by atoms with van der Waals surface area (Å²) in [5.41, 5.74) is 0.148. The molecule has 2 aromatic carbocycles. The van der Waals surface area contributed by atoms with Crippen LogP contribution in [0.3, 0.4) is 0 Å². The minimum Gasteiger partial charge on any atom is -0.454 e. The number of ether oxygens (including phenoxy) is 2. The number of hydrogen-bond donors (Lipinski definition) is 2. The average Bonchev–Trinajstić information content (AvgIpc) is 3.56. The summed E-state index contributed by atoms with van der Waals surface area (Å²) in [6, 6.07) is 17.5. The van der Waals surface area contributed by atoms with Gasteiger partial charge in [0.15, 0.2) is 11.5 Å². The van der Waals surface area contributed by atoms with Gasteiger partial charge >= 0.3 is 6.03 Å². The van der Waals surface area contributed by atoms with Gasteiger partial charge in [-0.05, 0) is 41.6 Å². The number of fused-ring (bicyclic) bond motifs is 1. The third-order valence-corrected chi connectivity index (χ3v) is 6.73. The fraction of sp³-hybridized carbons (Fsp3) is 0.208. The number of nitrogens with zero attached hydrogens (tertiary/aromatic N) is 1. The molecule has 3 heterocycles. The molecule has 9 heteroatoms. The highest BCUT2D eigenvalue weighted by molar-refractivity contribution is 7.10. The van der Waals surface area contributed by atoms with Crippen molar-refractivity contribution >= 4 is 29.2 Å². The monoisotopic (exact) mass is 463 g/mol. The second-order valence-electron chi connectivity index (χ2n) is 7.94. The number of hydrogen-bond acceptors (Lipinski definition) is 6. The number of thiophene rings is 1. The Morgan fingerprint density at radius 2 is 1.91 bits per heavy atom. The summed E-state index contributed by atoms with van der Waals surface area (Å²) in [7, 11) is 0. The highest BCUT2D eigenvalue weighted by atomic mass is 32.1. The predicted octanol–water partition coefficient (Wildman–Crippen LogP) is 3.15. The molecular formula is C24H21N3O5S. The molecule has 5 rings (SSSR count). The summed E-state index contributed by atoms with van der Waals surface area (Å²) in [5, 5.41) is 7.62. The number of imide groups is 1. The third kappa shape index (κ3) is 3.80. The van der Waals surface area contributed by atoms with Crippen LogP contribution in [0.5, 0.6) is 11.5 Å². The summed E-state index contributed by atoms with van der Waals surface area (Å²) >= 11 is 1.52. The zero-order valence-corrected chi connectivity index (χ0v) is 18.6. The zero-order valence-electron chi connectivity index (χ0n) is 17.7. The van der Waals surface area contributed by atoms with Crippen LogP contribution in [-0.2, 0) is 15.1 Å². The van der Waals surface area contributed by atoms with E-state index in [4.69, 9.17) is 9.47 Å². The normalized spacial score (nSPS) is 20.0. The van der Waals surface area contributed by atoms with E-state index in [1.165, 1.54) is 11.3 Å². The van der Waals surface area contributed by atoms with Gasteiger partial charge < -0.3 is 20.1 Å². The lowest BCUT2D eigenvalue weighted by molar-refractivity contribution is -0.135. The second kappa shape index (κ2) is 8.25. The standard InChI is InChI=1S/C24H21N3O5S/c1-24(16-9-10-17-18(12-16)32-14-31-17)22(29)27(23(30)26-24)13-20(28)25-21(19-8-5-11-33-19)15-6-3-2-4-7-15/h2-12,21H,13-14H2,1H3,(H,25,28)(H,26,30)/t21-,24-/m0/s1. The highest BCUT2D eigenvalue weighted by Gasteiger charge is 2.50. The molecule has 0 spiro atoms. The molecule has 2 N–H and O–H groups in total. The van der Waals surface area contributed by atoms with Crippen molar-refractivity contribution in [3.8, 4) is 11.5 Å². The number of carbonyl (C=O) groups is 3. The first-order valence-corrected chi connectivity index (χ1v) is 11.3. The Bertz CT molecular complexity index is 1210. The molecule has 1 aromatic heterocycles. The van der Waals surface area contributed by atoms with E-state index in [0.29, 0.717) is 17.1 Å². The molecule has 2 atom stereocenters. The molecule has 0 aliphatic carbocycles. The number of amides is 4. The molecule has 2 aliphatic heterocycles. The number of carbonyl (C=O) groups excluding carboxylic acids is 3. The molecule has 0 saturated carbocycles. The Kier molecular flexibility index (Phi) is 5.26. The Hall–Kier alpha value is -3.85. The van der Waals surface area contributed by atoms with Crippen molar-refractivity contribution in [2.45, 2.75) is 18.5 Å². The van der Waals surface area contributed by atoms with Crippen molar-refractivity contribution < 1.29 is 23.9 Å². The maximum absolute atomic E-state index is 13.3. The number of benzene rings is 2. The van der Waals surface area contributed by atoms with Gasteiger partial charge in [-0.15, -0.1) is 11.3 Å². The van der Waals surface area contributed by atoms with Crippen LogP contribution < -0.4 is 20.1 Å². The molecule has 33 heavy (non-hydrogen) atoms. The minimum absolute atomic E-state index is 0.106. The van der Waals surface area contributed by atoms with Crippen LogP contribution in [0.25, 0.3) is 0 Å². The van der Waals surface area contributed by atoms with Crippen molar-refractivity contribution in [1.82, 2.24) is 15.5 Å². The van der Waals surface area contributed by atoms with Gasteiger partial charge in [-0.1, -0.05) is 42.5 Å². The van der Waals surface area contributed by atoms with Gasteiger partial charge in [-0.2, -0.15) is 0 Å². The van der Waals surface area contributed by atoms with Gasteiger partial charge in [0.1, 0.15) is 12.1 Å². The Morgan fingerprint density at radius 3 is 2.67 bits per heavy atom. The third-order valence-electron chi connectivity index (χ3n) is 5.79. The minimum atomic E-state index is -1.31. The summed E-state index contributed by atoms with van der Waals surface area (Å²) in [6.07, 6.45) is 0. The zero-order chi connectivity index (χ0) is 23.0. The van der Waals surface area contributed by atoms with Crippen molar-refractivity contribution in [3.05, 3.63) is 82.0 Å². The van der Waals surface area contributed by atoms with Crippen molar-refractivity contribution in [1.29, 1.82) is 0 Å². The fourth-order valence-corrected chi connectivity index (χ4v) is 4.82. The van der Waals surface area contributed by atoms with E-state index < -0.39 is 23.4 Å². The number of rotatable bonds is 6. The molecule has 8 nitrogen and oxygen atoms in total. The molecular weight excluding hydrogens is 442 g/mol. The Labute approximate surface area is 194 Å². The van der Waals surface area contributed by atoms with Crippen LogP contribution in [0.2, 0.25) is 0 Å². The molecule has 4 amide bonds. The largest absolute Gasteiger partial charge is 0.454 e. The fourth-order valence-electron chi connectivity index (χ4n) is 4.01. The molecule has 2 aliphatic rings. The SMILES string of the molecule is C[C@@]1(c2ccc3c(c2)OCO3)NC(=O)N(CC(=O)N[C@@H](c2ccccc2)c2cccs2)C1=O. The van der Waals surface area contributed by atoms with Crippen LogP contribution in [0.15, 0.2) is 66.0 Å². The Morgan fingerprint density at radius 1 is 1.12 bits per heavy atom. The van der Waals surface area contributed by atoms with Crippen LogP contribution in [0, 0.1) is 0 Å². The van der Waals surface area contributed by atoms with Gasteiger partial charge in [-0.25, -0.2) is 4.79 Å². The molecule has 0 radical (unpaired) electrons. The quantitative estimate of drug-likeness (QED) is 0.548. The lowest BCUT2D eigenvalue weighted by atomic mass is 9.91. The molecule has 168 valence electrons. The maximum atomic E-state index is 13.3. The van der Waals surface area contributed by atoms with E-state index in [1.54, 1.807) is 25.1 Å². The first-order chi connectivity index (χ1) is 16.0. The lowest BCUT2D eigenvalue weighted by Gasteiger charge is -2.23. The van der Waals surface area contributed by atoms with Crippen LogP contribution >= 0.6 is 11.3 Å². The topological polar surface area (TPSA) is 97.0 Å². The van der Waals surface area contributed by atoms with Gasteiger partial charge in [0.2, 0.25) is 12.7 Å². The molecule has 1 saturated heterocycles. The van der Waals surface area contributed by atoms with E-state index in [-0.39, 0.29) is 19.4 Å². The van der Waals surface area contributed by atoms with Gasteiger partial charge in [0.05, 0.1) is 6.04 Å². The molecule has 0 bridgehead atoms. The van der Waals surface area contributed by atoms with Crippen LogP contribution in [0.4, 0.5) is 4.79 Å². The first kappa shape index (κ1) is 21.0. The lowest BCUT2D eigenvalue weighted by Crippen LogP contribution is -2.44. The first-order valence-electron chi connectivity index (χ1n) is 10.4. The molecule has 1 fully saturated rings. The summed E-state index contributed by atoms with van der Waals surface area (Å²) in [5.74, 6) is 0.147. The summed E-state index contributed by atoms with van der Waals surface area (Å²) in [4.78, 5) is 40.8. The van der Waals surface area contributed by atoms with Gasteiger partial charge in [-0.3, -0.25) is 14.5 Å².